The van der Waals surface area contributed by atoms with Crippen molar-refractivity contribution in [1.82, 2.24) is 10.9 Å². The van der Waals surface area contributed by atoms with Crippen LogP contribution < -0.4 is 15.6 Å². The van der Waals surface area contributed by atoms with Crippen LogP contribution in [0.4, 0.5) is 9.59 Å². The fourth-order valence-corrected chi connectivity index (χ4v) is 1.45. The van der Waals surface area contributed by atoms with Crippen LogP contribution in [0.15, 0.2) is 24.3 Å². The minimum atomic E-state index is -0.777. The van der Waals surface area contributed by atoms with Crippen LogP contribution in [-0.4, -0.2) is 18.8 Å². The minimum absolute atomic E-state index is 0.221. The second-order valence-corrected chi connectivity index (χ2v) is 4.05. The summed E-state index contributed by atoms with van der Waals surface area (Å²) in [6.45, 7) is 5.88. The number of para-hydroxylation sites is 1. The normalized spacial score (nSPS) is 9.89. The average Bonchev–Trinajstić information content (AvgIpc) is 2.37. The largest absolute Gasteiger partial charge is 0.449 e. The molecule has 0 aliphatic carbocycles. The number of hydrazine groups is 1. The molecule has 6 nitrogen and oxygen atoms in total. The zero-order valence-corrected chi connectivity index (χ0v) is 11.2. The van der Waals surface area contributed by atoms with Crippen molar-refractivity contribution in [3.05, 3.63) is 29.8 Å². The Labute approximate surface area is 112 Å². The molecule has 2 amide bonds. The van der Waals surface area contributed by atoms with Gasteiger partial charge in [0.15, 0.2) is 0 Å². The molecular formula is C13H18N2O4. The molecule has 104 valence electrons. The molecule has 0 fully saturated rings. The number of carbonyl (C=O) groups is 2. The van der Waals surface area contributed by atoms with Gasteiger partial charge in [-0.15, -0.1) is 0 Å². The second-order valence-electron chi connectivity index (χ2n) is 4.05. The molecule has 1 aromatic carbocycles. The van der Waals surface area contributed by atoms with Gasteiger partial charge in [-0.3, -0.25) is 0 Å². The van der Waals surface area contributed by atoms with Gasteiger partial charge in [0.25, 0.3) is 0 Å². The molecule has 6 heteroatoms. The van der Waals surface area contributed by atoms with E-state index in [1.165, 1.54) is 0 Å². The number of benzene rings is 1. The highest BCUT2D eigenvalue weighted by atomic mass is 16.6. The van der Waals surface area contributed by atoms with Gasteiger partial charge < -0.3 is 9.47 Å². The maximum Gasteiger partial charge on any atom is 0.431 e. The Bertz CT molecular complexity index is 446. The highest BCUT2D eigenvalue weighted by molar-refractivity contribution is 5.75. The first-order valence-electron chi connectivity index (χ1n) is 6.04. The summed E-state index contributed by atoms with van der Waals surface area (Å²) in [4.78, 5) is 22.5. The first kappa shape index (κ1) is 14.8. The van der Waals surface area contributed by atoms with E-state index < -0.39 is 12.2 Å². The van der Waals surface area contributed by atoms with Gasteiger partial charge >= 0.3 is 12.2 Å². The predicted octanol–water partition coefficient (Wildman–Crippen LogP) is 2.56. The predicted molar refractivity (Wildman–Crippen MR) is 69.8 cm³/mol. The number of hydrogen-bond donors (Lipinski definition) is 2. The average molecular weight is 266 g/mol. The number of hydrogen-bond acceptors (Lipinski definition) is 4. The van der Waals surface area contributed by atoms with Crippen LogP contribution >= 0.6 is 0 Å². The molecule has 0 aliphatic heterocycles. The van der Waals surface area contributed by atoms with E-state index in [1.54, 1.807) is 19.1 Å². The van der Waals surface area contributed by atoms with Crippen LogP contribution in [0.5, 0.6) is 5.75 Å². The summed E-state index contributed by atoms with van der Waals surface area (Å²) in [7, 11) is 0. The summed E-state index contributed by atoms with van der Waals surface area (Å²) in [5, 5.41) is 0. The molecule has 0 saturated heterocycles. The lowest BCUT2D eigenvalue weighted by atomic mass is 10.0. The molecule has 1 rings (SSSR count). The van der Waals surface area contributed by atoms with Gasteiger partial charge in [0.05, 0.1) is 6.61 Å². The van der Waals surface area contributed by atoms with Crippen molar-refractivity contribution in [2.45, 2.75) is 26.7 Å². The Morgan fingerprint density at radius 1 is 1.16 bits per heavy atom. The van der Waals surface area contributed by atoms with Crippen LogP contribution in [0.1, 0.15) is 32.3 Å². The number of nitrogens with one attached hydrogen (secondary N) is 2. The van der Waals surface area contributed by atoms with E-state index in [1.807, 2.05) is 26.0 Å². The summed E-state index contributed by atoms with van der Waals surface area (Å²) in [6.07, 6.45) is -1.52. The molecule has 0 aromatic heterocycles. The van der Waals surface area contributed by atoms with Crippen LogP contribution in [0.2, 0.25) is 0 Å². The molecule has 0 aliphatic rings. The summed E-state index contributed by atoms with van der Waals surface area (Å²) in [5.74, 6) is 0.683. The van der Waals surface area contributed by atoms with Crippen molar-refractivity contribution in [2.75, 3.05) is 6.61 Å². The third kappa shape index (κ3) is 4.87. The Morgan fingerprint density at radius 2 is 1.79 bits per heavy atom. The molecule has 2 N–H and O–H groups in total. The van der Waals surface area contributed by atoms with E-state index >= 15 is 0 Å². The van der Waals surface area contributed by atoms with Crippen molar-refractivity contribution in [1.29, 1.82) is 0 Å². The van der Waals surface area contributed by atoms with Gasteiger partial charge in [-0.2, -0.15) is 0 Å². The fourth-order valence-electron chi connectivity index (χ4n) is 1.45. The van der Waals surface area contributed by atoms with Crippen LogP contribution in [0.3, 0.4) is 0 Å². The van der Waals surface area contributed by atoms with Crippen molar-refractivity contribution in [2.24, 2.45) is 0 Å². The molecule has 0 spiro atoms. The molecule has 0 atom stereocenters. The van der Waals surface area contributed by atoms with E-state index in [9.17, 15) is 9.59 Å². The van der Waals surface area contributed by atoms with E-state index in [2.05, 4.69) is 15.6 Å². The van der Waals surface area contributed by atoms with Gasteiger partial charge in [-0.25, -0.2) is 20.4 Å². The Kier molecular flexibility index (Phi) is 5.66. The molecule has 0 saturated carbocycles. The summed E-state index contributed by atoms with van der Waals surface area (Å²) >= 11 is 0. The monoisotopic (exact) mass is 266 g/mol. The molecule has 0 unspecified atom stereocenters. The van der Waals surface area contributed by atoms with Crippen LogP contribution in [-0.2, 0) is 4.74 Å². The summed E-state index contributed by atoms with van der Waals surface area (Å²) in [5.41, 5.74) is 5.07. The van der Waals surface area contributed by atoms with E-state index in [4.69, 9.17) is 4.74 Å². The Morgan fingerprint density at radius 3 is 2.42 bits per heavy atom. The zero-order valence-electron chi connectivity index (χ0n) is 11.2. The van der Waals surface area contributed by atoms with Crippen molar-refractivity contribution in [3.63, 3.8) is 0 Å². The maximum atomic E-state index is 11.5. The molecule has 0 bridgehead atoms. The van der Waals surface area contributed by atoms with Crippen molar-refractivity contribution < 1.29 is 19.1 Å². The van der Waals surface area contributed by atoms with E-state index in [-0.39, 0.29) is 12.5 Å². The maximum absolute atomic E-state index is 11.5. The second kappa shape index (κ2) is 7.25. The molecule has 0 radical (unpaired) electrons. The van der Waals surface area contributed by atoms with Crippen molar-refractivity contribution in [3.8, 4) is 5.75 Å². The van der Waals surface area contributed by atoms with E-state index in [0.717, 1.165) is 5.56 Å². The standard InChI is InChI=1S/C13H18N2O4/c1-4-18-12(16)14-15-13(17)19-11-8-6-5-7-10(11)9(2)3/h5-9H,4H2,1-3H3,(H,14,16)(H,15,17). The summed E-state index contributed by atoms with van der Waals surface area (Å²) < 4.78 is 9.70. The zero-order chi connectivity index (χ0) is 14.3. The highest BCUT2D eigenvalue weighted by Gasteiger charge is 2.11. The SMILES string of the molecule is CCOC(=O)NNC(=O)Oc1ccccc1C(C)C. The van der Waals surface area contributed by atoms with Crippen LogP contribution in [0, 0.1) is 0 Å². The Balaban J connectivity index is 2.55. The topological polar surface area (TPSA) is 76.7 Å². The lowest BCUT2D eigenvalue weighted by molar-refractivity contribution is 0.143. The van der Waals surface area contributed by atoms with E-state index in [0.29, 0.717) is 5.75 Å². The third-order valence-electron chi connectivity index (χ3n) is 2.29. The van der Waals surface area contributed by atoms with Gasteiger partial charge in [0.2, 0.25) is 0 Å². The first-order valence-corrected chi connectivity index (χ1v) is 6.04. The lowest BCUT2D eigenvalue weighted by Gasteiger charge is -2.13. The Hall–Kier alpha value is -2.24. The third-order valence-corrected chi connectivity index (χ3v) is 2.29. The van der Waals surface area contributed by atoms with Crippen molar-refractivity contribution >= 4 is 12.2 Å². The summed E-state index contributed by atoms with van der Waals surface area (Å²) in [6, 6.07) is 7.22. The minimum Gasteiger partial charge on any atom is -0.449 e. The molecular weight excluding hydrogens is 248 g/mol. The fraction of sp³-hybridized carbons (Fsp3) is 0.385. The van der Waals surface area contributed by atoms with Gasteiger partial charge in [0.1, 0.15) is 5.75 Å². The number of amides is 2. The molecule has 19 heavy (non-hydrogen) atoms. The molecule has 0 heterocycles. The number of ether oxygens (including phenoxy) is 2. The van der Waals surface area contributed by atoms with Gasteiger partial charge in [0, 0.05) is 0 Å². The quantitative estimate of drug-likeness (QED) is 0.824. The lowest BCUT2D eigenvalue weighted by Crippen LogP contribution is -2.43. The van der Waals surface area contributed by atoms with Gasteiger partial charge in [-0.1, -0.05) is 32.0 Å². The highest BCUT2D eigenvalue weighted by Crippen LogP contribution is 2.25. The smallest absolute Gasteiger partial charge is 0.431 e. The first-order chi connectivity index (χ1) is 9.04. The van der Waals surface area contributed by atoms with Gasteiger partial charge in [-0.05, 0) is 24.5 Å². The number of carbonyl (C=O) groups excluding carboxylic acids is 2. The van der Waals surface area contributed by atoms with Crippen LogP contribution in [0.25, 0.3) is 0 Å². The number of rotatable bonds is 3. The molecule has 1 aromatic rings.